The van der Waals surface area contributed by atoms with Crippen LogP contribution in [0, 0.1) is 11.8 Å². The fourth-order valence-corrected chi connectivity index (χ4v) is 14.0. The second-order valence-electron chi connectivity index (χ2n) is 7.51. The van der Waals surface area contributed by atoms with Crippen LogP contribution in [0.15, 0.2) is 36.7 Å². The summed E-state index contributed by atoms with van der Waals surface area (Å²) in [6.07, 6.45) is 7.05. The van der Waals surface area contributed by atoms with Gasteiger partial charge in [-0.3, -0.25) is 0 Å². The number of allylic oxidation sites excluding steroid dienone is 2. The number of hydrogen-bond donors (Lipinski definition) is 0. The maximum Gasteiger partial charge on any atom is 0.484 e. The Bertz CT molecular complexity index is 451. The van der Waals surface area contributed by atoms with Crippen molar-refractivity contribution in [1.29, 1.82) is 0 Å². The minimum Gasteiger partial charge on any atom is -0.412 e. The minimum atomic E-state index is -2.77. The zero-order valence-electron chi connectivity index (χ0n) is 14.6. The zero-order chi connectivity index (χ0) is 16.6. The first-order chi connectivity index (χ1) is 10.2. The molecule has 3 unspecified atom stereocenters. The van der Waals surface area contributed by atoms with Gasteiger partial charge in [-0.2, -0.15) is 0 Å². The van der Waals surface area contributed by atoms with Crippen LogP contribution < -0.4 is 0 Å². The molecule has 0 aromatic carbocycles. The van der Waals surface area contributed by atoms with E-state index in [1.165, 1.54) is 6.42 Å². The van der Waals surface area contributed by atoms with Crippen LogP contribution in [-0.4, -0.2) is 32.5 Å². The van der Waals surface area contributed by atoms with Crippen LogP contribution in [0.3, 0.4) is 0 Å². The zero-order valence-corrected chi connectivity index (χ0v) is 17.6. The third-order valence-corrected chi connectivity index (χ3v) is 15.4. The van der Waals surface area contributed by atoms with Gasteiger partial charge in [0.15, 0.2) is 0 Å². The SMILES string of the molecule is C=C[Si](C)(C)O[Si](OC)(O[Si](C)(C)C=C)C1CC2C=CC1C2. The van der Waals surface area contributed by atoms with Gasteiger partial charge in [0.2, 0.25) is 16.6 Å². The van der Waals surface area contributed by atoms with E-state index in [9.17, 15) is 0 Å². The third-order valence-electron chi connectivity index (χ3n) is 4.81. The van der Waals surface area contributed by atoms with Crippen molar-refractivity contribution in [3.63, 3.8) is 0 Å². The summed E-state index contributed by atoms with van der Waals surface area (Å²) in [7, 11) is -5.01. The molecule has 0 aliphatic heterocycles. The highest BCUT2D eigenvalue weighted by Gasteiger charge is 2.59. The van der Waals surface area contributed by atoms with Crippen LogP contribution in [0.4, 0.5) is 0 Å². The van der Waals surface area contributed by atoms with Crippen LogP contribution in [0.5, 0.6) is 0 Å². The van der Waals surface area contributed by atoms with E-state index in [-0.39, 0.29) is 0 Å². The van der Waals surface area contributed by atoms with Crippen LogP contribution in [0.1, 0.15) is 12.8 Å². The number of rotatable bonds is 8. The summed E-state index contributed by atoms with van der Waals surface area (Å²) in [6.45, 7) is 16.6. The lowest BCUT2D eigenvalue weighted by Gasteiger charge is -2.43. The molecule has 1 fully saturated rings. The van der Waals surface area contributed by atoms with Gasteiger partial charge in [0.05, 0.1) is 0 Å². The van der Waals surface area contributed by atoms with Gasteiger partial charge in [0.1, 0.15) is 0 Å². The van der Waals surface area contributed by atoms with Gasteiger partial charge in [0.25, 0.3) is 0 Å². The first-order valence-corrected chi connectivity index (χ1v) is 15.9. The Morgan fingerprint density at radius 3 is 1.82 bits per heavy atom. The molecule has 124 valence electrons. The van der Waals surface area contributed by atoms with Crippen molar-refractivity contribution in [2.45, 2.75) is 44.6 Å². The molecule has 0 saturated heterocycles. The topological polar surface area (TPSA) is 27.7 Å². The van der Waals surface area contributed by atoms with Crippen LogP contribution in [-0.2, 0) is 12.7 Å². The molecule has 0 N–H and O–H groups in total. The quantitative estimate of drug-likeness (QED) is 0.476. The lowest BCUT2D eigenvalue weighted by atomic mass is 10.1. The third kappa shape index (κ3) is 3.63. The molecule has 2 bridgehead atoms. The molecule has 3 atom stereocenters. The summed E-state index contributed by atoms with van der Waals surface area (Å²) in [4.78, 5) is 0. The summed E-state index contributed by atoms with van der Waals surface area (Å²) in [5.41, 5.74) is 4.33. The highest BCUT2D eigenvalue weighted by Crippen LogP contribution is 2.53. The molecular weight excluding hydrogens is 324 g/mol. The fraction of sp³-hybridized carbons (Fsp3) is 0.625. The smallest absolute Gasteiger partial charge is 0.412 e. The molecule has 3 nitrogen and oxygen atoms in total. The largest absolute Gasteiger partial charge is 0.484 e. The Morgan fingerprint density at radius 2 is 1.50 bits per heavy atom. The molecule has 0 aromatic heterocycles. The van der Waals surface area contributed by atoms with E-state index in [4.69, 9.17) is 12.7 Å². The Kier molecular flexibility index (Phi) is 5.21. The maximum absolute atomic E-state index is 6.67. The van der Waals surface area contributed by atoms with E-state index in [1.807, 2.05) is 11.4 Å². The molecule has 2 aliphatic carbocycles. The molecule has 1 saturated carbocycles. The number of fused-ring (bicyclic) bond motifs is 2. The normalized spacial score (nSPS) is 28.1. The van der Waals surface area contributed by atoms with E-state index >= 15 is 0 Å². The van der Waals surface area contributed by atoms with Crippen molar-refractivity contribution in [3.8, 4) is 0 Å². The fourth-order valence-electron chi connectivity index (χ4n) is 3.41. The molecule has 0 spiro atoms. The highest BCUT2D eigenvalue weighted by molar-refractivity contribution is 6.90. The van der Waals surface area contributed by atoms with E-state index in [2.05, 4.69) is 51.5 Å². The summed E-state index contributed by atoms with van der Waals surface area (Å²) < 4.78 is 19.4. The average Bonchev–Trinajstić information content (AvgIpc) is 3.09. The van der Waals surface area contributed by atoms with Crippen molar-refractivity contribution in [2.24, 2.45) is 11.8 Å². The second-order valence-corrected chi connectivity index (χ2v) is 18.7. The van der Waals surface area contributed by atoms with Crippen molar-refractivity contribution >= 4 is 25.4 Å². The van der Waals surface area contributed by atoms with E-state index < -0.39 is 25.4 Å². The Morgan fingerprint density at radius 1 is 0.955 bits per heavy atom. The standard InChI is InChI=1S/C16H30O3Si3/c1-8-20(4,5)18-22(17-3,19-21(6,7)9-2)16-13-14-10-11-15(16)12-14/h8-11,14-16H,1-2,12-13H2,3-7H3. The monoisotopic (exact) mass is 354 g/mol. The van der Waals surface area contributed by atoms with Crippen molar-refractivity contribution in [1.82, 2.24) is 0 Å². The number of hydrogen-bond acceptors (Lipinski definition) is 3. The minimum absolute atomic E-state index is 0.381. The molecular formula is C16H30O3Si3. The summed E-state index contributed by atoms with van der Waals surface area (Å²) in [5.74, 6) is 1.21. The van der Waals surface area contributed by atoms with E-state index in [0.717, 1.165) is 6.42 Å². The van der Waals surface area contributed by atoms with Gasteiger partial charge in [-0.1, -0.05) is 23.6 Å². The molecule has 2 aliphatic rings. The van der Waals surface area contributed by atoms with Gasteiger partial charge >= 0.3 is 8.80 Å². The van der Waals surface area contributed by atoms with Crippen LogP contribution in [0.25, 0.3) is 0 Å². The molecule has 2 rings (SSSR count). The van der Waals surface area contributed by atoms with Crippen LogP contribution in [0.2, 0.25) is 31.7 Å². The average molecular weight is 355 g/mol. The Hall–Kier alpha value is -0.249. The summed E-state index contributed by atoms with van der Waals surface area (Å²) in [6, 6.07) is 0. The second kappa shape index (κ2) is 6.33. The van der Waals surface area contributed by atoms with Gasteiger partial charge < -0.3 is 12.7 Å². The molecule has 0 radical (unpaired) electrons. The van der Waals surface area contributed by atoms with Gasteiger partial charge in [-0.15, -0.1) is 13.2 Å². The van der Waals surface area contributed by atoms with Crippen molar-refractivity contribution in [2.75, 3.05) is 7.11 Å². The maximum atomic E-state index is 6.67. The van der Waals surface area contributed by atoms with E-state index in [0.29, 0.717) is 17.4 Å². The first-order valence-electron chi connectivity index (χ1n) is 8.08. The summed E-state index contributed by atoms with van der Waals surface area (Å²) in [5, 5.41) is 0. The lowest BCUT2D eigenvalue weighted by Crippen LogP contribution is -2.60. The summed E-state index contributed by atoms with van der Waals surface area (Å²) >= 11 is 0. The lowest BCUT2D eigenvalue weighted by molar-refractivity contribution is 0.180. The molecule has 22 heavy (non-hydrogen) atoms. The molecule has 0 aromatic rings. The first kappa shape index (κ1) is 18.1. The Labute approximate surface area is 138 Å². The predicted octanol–water partition coefficient (Wildman–Crippen LogP) is 4.43. The molecule has 0 amide bonds. The van der Waals surface area contributed by atoms with E-state index in [1.54, 1.807) is 7.11 Å². The van der Waals surface area contributed by atoms with Crippen molar-refractivity contribution < 1.29 is 12.7 Å². The highest BCUT2D eigenvalue weighted by atomic mass is 28.5. The van der Waals surface area contributed by atoms with Gasteiger partial charge in [-0.25, -0.2) is 0 Å². The van der Waals surface area contributed by atoms with Gasteiger partial charge in [0, 0.05) is 12.7 Å². The predicted molar refractivity (Wildman–Crippen MR) is 99.4 cm³/mol. The molecule has 0 heterocycles. The Balaban J connectivity index is 2.35. The molecule has 6 heteroatoms. The van der Waals surface area contributed by atoms with Gasteiger partial charge in [-0.05, 0) is 50.9 Å². The van der Waals surface area contributed by atoms with Crippen molar-refractivity contribution in [3.05, 3.63) is 36.7 Å². The van der Waals surface area contributed by atoms with Crippen LogP contribution >= 0.6 is 0 Å².